The standard InChI is InChI=1S/C18H26N2/c1-20(14-6-7-15-20)13-5-4-11-19-12-10-17-8-2-3-9-18(17)16-19/h2-3,8-10,12,16H,4-7,11,13-15H2,1H3/q+2. The van der Waals surface area contributed by atoms with Gasteiger partial charge in [0.25, 0.3) is 0 Å². The Labute approximate surface area is 122 Å². The number of rotatable bonds is 5. The topological polar surface area (TPSA) is 3.88 Å². The van der Waals surface area contributed by atoms with Crippen molar-refractivity contribution in [3.05, 3.63) is 42.7 Å². The lowest BCUT2D eigenvalue weighted by Gasteiger charge is -2.28. The van der Waals surface area contributed by atoms with E-state index in [1.165, 1.54) is 60.6 Å². The number of nitrogens with zero attached hydrogens (tertiary/aromatic N) is 2. The number of fused-ring (bicyclic) bond motifs is 1. The number of quaternary nitrogens is 1. The summed E-state index contributed by atoms with van der Waals surface area (Å²) in [7, 11) is 2.43. The van der Waals surface area contributed by atoms with Crippen molar-refractivity contribution in [3.63, 3.8) is 0 Å². The van der Waals surface area contributed by atoms with Crippen LogP contribution in [0.1, 0.15) is 25.7 Å². The van der Waals surface area contributed by atoms with E-state index in [-0.39, 0.29) is 0 Å². The van der Waals surface area contributed by atoms with Crippen LogP contribution in [0.25, 0.3) is 10.8 Å². The first-order chi connectivity index (χ1) is 9.75. The molecule has 0 saturated carbocycles. The Morgan fingerprint density at radius 3 is 2.55 bits per heavy atom. The fraction of sp³-hybridized carbons (Fsp3) is 0.500. The van der Waals surface area contributed by atoms with E-state index in [0.717, 1.165) is 6.54 Å². The normalized spacial score (nSPS) is 17.6. The van der Waals surface area contributed by atoms with Gasteiger partial charge in [-0.2, -0.15) is 0 Å². The number of aryl methyl sites for hydroxylation is 1. The molecule has 0 N–H and O–H groups in total. The molecule has 106 valence electrons. The van der Waals surface area contributed by atoms with Crippen LogP contribution in [0.15, 0.2) is 42.7 Å². The number of hydrogen-bond acceptors (Lipinski definition) is 0. The van der Waals surface area contributed by atoms with Gasteiger partial charge in [-0.1, -0.05) is 18.2 Å². The summed E-state index contributed by atoms with van der Waals surface area (Å²) in [4.78, 5) is 0. The highest BCUT2D eigenvalue weighted by molar-refractivity contribution is 5.80. The first-order valence-electron chi connectivity index (χ1n) is 7.97. The molecule has 0 aliphatic carbocycles. The summed E-state index contributed by atoms with van der Waals surface area (Å²) in [5.74, 6) is 0. The number of likely N-dealkylation sites (tertiary alicyclic amines) is 1. The largest absolute Gasteiger partial charge is 0.326 e. The molecule has 1 aromatic heterocycles. The molecule has 1 saturated heterocycles. The number of aromatic nitrogens is 1. The van der Waals surface area contributed by atoms with E-state index in [2.05, 4.69) is 54.3 Å². The summed E-state index contributed by atoms with van der Waals surface area (Å²) >= 11 is 0. The summed E-state index contributed by atoms with van der Waals surface area (Å²) in [5.41, 5.74) is 0. The number of benzene rings is 1. The third-order valence-electron chi connectivity index (χ3n) is 4.76. The molecule has 1 aliphatic heterocycles. The van der Waals surface area contributed by atoms with E-state index in [4.69, 9.17) is 0 Å². The van der Waals surface area contributed by atoms with Crippen LogP contribution in [-0.4, -0.2) is 31.2 Å². The van der Waals surface area contributed by atoms with Gasteiger partial charge in [-0.15, -0.1) is 0 Å². The van der Waals surface area contributed by atoms with Crippen LogP contribution in [0.5, 0.6) is 0 Å². The van der Waals surface area contributed by atoms with Crippen LogP contribution in [0.3, 0.4) is 0 Å². The minimum atomic E-state index is 1.14. The molecule has 0 radical (unpaired) electrons. The van der Waals surface area contributed by atoms with Crippen LogP contribution in [0.4, 0.5) is 0 Å². The molecule has 20 heavy (non-hydrogen) atoms. The van der Waals surface area contributed by atoms with Gasteiger partial charge in [0, 0.05) is 37.1 Å². The molecule has 3 rings (SSSR count). The SMILES string of the molecule is C[N+]1(CCCC[n+]2ccc3ccccc3c2)CCCC1. The van der Waals surface area contributed by atoms with E-state index in [1.54, 1.807) is 0 Å². The highest BCUT2D eigenvalue weighted by Crippen LogP contribution is 2.17. The summed E-state index contributed by atoms with van der Waals surface area (Å²) < 4.78 is 3.65. The molecule has 2 heterocycles. The van der Waals surface area contributed by atoms with Crippen molar-refractivity contribution in [1.82, 2.24) is 0 Å². The molecule has 1 aromatic carbocycles. The Hall–Kier alpha value is -1.41. The van der Waals surface area contributed by atoms with Crippen molar-refractivity contribution < 1.29 is 9.05 Å². The molecule has 1 fully saturated rings. The molecule has 0 atom stereocenters. The van der Waals surface area contributed by atoms with E-state index in [0.29, 0.717) is 0 Å². The first kappa shape index (κ1) is 13.6. The highest BCUT2D eigenvalue weighted by Gasteiger charge is 2.25. The molecule has 0 bridgehead atoms. The zero-order chi connectivity index (χ0) is 13.8. The molecule has 2 aromatic rings. The van der Waals surface area contributed by atoms with E-state index >= 15 is 0 Å². The second-order valence-electron chi connectivity index (χ2n) is 6.52. The average molecular weight is 270 g/mol. The van der Waals surface area contributed by atoms with Gasteiger partial charge in [0.2, 0.25) is 0 Å². The smallest absolute Gasteiger partial charge is 0.176 e. The van der Waals surface area contributed by atoms with Crippen molar-refractivity contribution in [2.75, 3.05) is 26.7 Å². The third-order valence-corrected chi connectivity index (χ3v) is 4.76. The minimum absolute atomic E-state index is 1.14. The Kier molecular flexibility index (Phi) is 4.02. The molecule has 1 aliphatic rings. The Bertz CT molecular complexity index is 570. The van der Waals surface area contributed by atoms with E-state index in [1.807, 2.05) is 0 Å². The molecular weight excluding hydrogens is 244 g/mol. The maximum atomic E-state index is 2.43. The second kappa shape index (κ2) is 5.92. The van der Waals surface area contributed by atoms with Crippen LogP contribution in [0, 0.1) is 0 Å². The lowest BCUT2D eigenvalue weighted by Crippen LogP contribution is -2.42. The van der Waals surface area contributed by atoms with Gasteiger partial charge in [-0.25, -0.2) is 4.57 Å². The quantitative estimate of drug-likeness (QED) is 0.446. The predicted molar refractivity (Wildman–Crippen MR) is 83.4 cm³/mol. The lowest BCUT2D eigenvalue weighted by atomic mass is 10.2. The highest BCUT2D eigenvalue weighted by atomic mass is 15.3. The molecule has 0 amide bonds. The number of hydrogen-bond donors (Lipinski definition) is 0. The Morgan fingerprint density at radius 1 is 1.00 bits per heavy atom. The van der Waals surface area contributed by atoms with Crippen LogP contribution in [0.2, 0.25) is 0 Å². The van der Waals surface area contributed by atoms with Crippen molar-refractivity contribution in [1.29, 1.82) is 0 Å². The lowest BCUT2D eigenvalue weighted by molar-refractivity contribution is -0.898. The number of pyridine rings is 1. The maximum absolute atomic E-state index is 2.43. The fourth-order valence-electron chi connectivity index (χ4n) is 3.43. The molecule has 0 unspecified atom stereocenters. The minimum Gasteiger partial charge on any atom is -0.326 e. The average Bonchev–Trinajstić information content (AvgIpc) is 2.91. The summed E-state index contributed by atoms with van der Waals surface area (Å²) in [6.07, 6.45) is 9.98. The zero-order valence-electron chi connectivity index (χ0n) is 12.6. The van der Waals surface area contributed by atoms with Gasteiger partial charge in [0.1, 0.15) is 6.54 Å². The van der Waals surface area contributed by atoms with Crippen LogP contribution >= 0.6 is 0 Å². The van der Waals surface area contributed by atoms with Gasteiger partial charge in [-0.3, -0.25) is 0 Å². The molecule has 2 nitrogen and oxygen atoms in total. The van der Waals surface area contributed by atoms with Crippen LogP contribution in [-0.2, 0) is 6.54 Å². The third kappa shape index (κ3) is 3.18. The predicted octanol–water partition coefficient (Wildman–Crippen LogP) is 3.15. The molecule has 0 spiro atoms. The van der Waals surface area contributed by atoms with Gasteiger partial charge in [0.05, 0.1) is 26.7 Å². The molecular formula is C18H26N2+2. The van der Waals surface area contributed by atoms with Gasteiger partial charge < -0.3 is 4.48 Å². The number of unbranched alkanes of at least 4 members (excludes halogenated alkanes) is 1. The van der Waals surface area contributed by atoms with Crippen LogP contribution < -0.4 is 4.57 Å². The van der Waals surface area contributed by atoms with E-state index < -0.39 is 0 Å². The summed E-state index contributed by atoms with van der Waals surface area (Å²) in [6.45, 7) is 5.28. The first-order valence-corrected chi connectivity index (χ1v) is 7.97. The summed E-state index contributed by atoms with van der Waals surface area (Å²) in [6, 6.07) is 10.8. The fourth-order valence-corrected chi connectivity index (χ4v) is 3.43. The maximum Gasteiger partial charge on any atom is 0.176 e. The van der Waals surface area contributed by atoms with Crippen molar-refractivity contribution in [3.8, 4) is 0 Å². The van der Waals surface area contributed by atoms with Crippen molar-refractivity contribution in [2.45, 2.75) is 32.2 Å². The monoisotopic (exact) mass is 270 g/mol. The van der Waals surface area contributed by atoms with Gasteiger partial charge in [0.15, 0.2) is 12.4 Å². The van der Waals surface area contributed by atoms with Gasteiger partial charge >= 0.3 is 0 Å². The second-order valence-corrected chi connectivity index (χ2v) is 6.52. The van der Waals surface area contributed by atoms with Gasteiger partial charge in [-0.05, 0) is 11.5 Å². The zero-order valence-corrected chi connectivity index (χ0v) is 12.6. The van der Waals surface area contributed by atoms with Crippen molar-refractivity contribution >= 4 is 10.8 Å². The Morgan fingerprint density at radius 2 is 1.75 bits per heavy atom. The molecule has 2 heteroatoms. The van der Waals surface area contributed by atoms with Crippen molar-refractivity contribution in [2.24, 2.45) is 0 Å². The Balaban J connectivity index is 1.52. The van der Waals surface area contributed by atoms with E-state index in [9.17, 15) is 0 Å². The summed E-state index contributed by atoms with van der Waals surface area (Å²) in [5, 5.41) is 2.67.